The standard InChI is InChI=1S/C17H18FNO2/c1-11(12-7-8-14(18)17(9-12)20-2)19-15-10-21-16-6-4-3-5-13(15)16/h3-9,11,15,19H,10H2,1-2H3. The van der Waals surface area contributed by atoms with Gasteiger partial charge in [0.05, 0.1) is 13.2 Å². The first kappa shape index (κ1) is 13.9. The van der Waals surface area contributed by atoms with Crippen LogP contribution in [0.2, 0.25) is 0 Å². The summed E-state index contributed by atoms with van der Waals surface area (Å²) in [6, 6.07) is 13.2. The number of methoxy groups -OCH3 is 1. The number of nitrogens with one attached hydrogen (secondary N) is 1. The largest absolute Gasteiger partial charge is 0.494 e. The highest BCUT2D eigenvalue weighted by Gasteiger charge is 2.25. The van der Waals surface area contributed by atoms with Crippen LogP contribution in [0.15, 0.2) is 42.5 Å². The van der Waals surface area contributed by atoms with Crippen molar-refractivity contribution in [3.8, 4) is 11.5 Å². The molecule has 2 unspecified atom stereocenters. The molecule has 0 fully saturated rings. The summed E-state index contributed by atoms with van der Waals surface area (Å²) in [5.41, 5.74) is 2.15. The van der Waals surface area contributed by atoms with Crippen LogP contribution in [0.25, 0.3) is 0 Å². The van der Waals surface area contributed by atoms with Gasteiger partial charge < -0.3 is 14.8 Å². The van der Waals surface area contributed by atoms with Crippen molar-refractivity contribution in [3.63, 3.8) is 0 Å². The number of benzene rings is 2. The lowest BCUT2D eigenvalue weighted by Gasteiger charge is -2.19. The fourth-order valence-electron chi connectivity index (χ4n) is 2.64. The molecule has 21 heavy (non-hydrogen) atoms. The van der Waals surface area contributed by atoms with E-state index < -0.39 is 0 Å². The predicted molar refractivity (Wildman–Crippen MR) is 79.2 cm³/mol. The quantitative estimate of drug-likeness (QED) is 0.931. The third-order valence-corrected chi connectivity index (χ3v) is 3.83. The van der Waals surface area contributed by atoms with Gasteiger partial charge in [0.2, 0.25) is 0 Å². The Hall–Kier alpha value is -2.07. The molecule has 0 aliphatic carbocycles. The lowest BCUT2D eigenvalue weighted by Crippen LogP contribution is -2.25. The minimum absolute atomic E-state index is 0.0688. The summed E-state index contributed by atoms with van der Waals surface area (Å²) in [5.74, 6) is 0.853. The molecule has 1 N–H and O–H groups in total. The molecule has 3 nitrogen and oxygen atoms in total. The van der Waals surface area contributed by atoms with Gasteiger partial charge in [0.25, 0.3) is 0 Å². The summed E-state index contributed by atoms with van der Waals surface area (Å²) in [4.78, 5) is 0. The fraction of sp³-hybridized carbons (Fsp3) is 0.294. The predicted octanol–water partition coefficient (Wildman–Crippen LogP) is 3.62. The number of rotatable bonds is 4. The molecule has 0 saturated heterocycles. The van der Waals surface area contributed by atoms with Crippen LogP contribution in [-0.2, 0) is 0 Å². The molecular weight excluding hydrogens is 269 g/mol. The molecule has 2 aromatic carbocycles. The third kappa shape index (κ3) is 2.72. The van der Waals surface area contributed by atoms with Crippen molar-refractivity contribution < 1.29 is 13.9 Å². The second kappa shape index (κ2) is 5.74. The first-order chi connectivity index (χ1) is 10.2. The lowest BCUT2D eigenvalue weighted by atomic mass is 10.0. The van der Waals surface area contributed by atoms with Crippen LogP contribution in [0.4, 0.5) is 4.39 Å². The third-order valence-electron chi connectivity index (χ3n) is 3.83. The van der Waals surface area contributed by atoms with Crippen molar-refractivity contribution in [1.29, 1.82) is 0 Å². The molecule has 0 radical (unpaired) electrons. The van der Waals surface area contributed by atoms with E-state index in [0.717, 1.165) is 11.3 Å². The number of hydrogen-bond donors (Lipinski definition) is 1. The maximum Gasteiger partial charge on any atom is 0.165 e. The zero-order valence-corrected chi connectivity index (χ0v) is 12.1. The Morgan fingerprint density at radius 3 is 2.90 bits per heavy atom. The number of fused-ring (bicyclic) bond motifs is 1. The fourth-order valence-corrected chi connectivity index (χ4v) is 2.64. The second-order valence-corrected chi connectivity index (χ2v) is 5.18. The summed E-state index contributed by atoms with van der Waals surface area (Å²) in [6.07, 6.45) is 0. The van der Waals surface area contributed by atoms with Crippen LogP contribution in [0, 0.1) is 5.82 Å². The molecule has 3 rings (SSSR count). The molecule has 1 aliphatic rings. The number of ether oxygens (including phenoxy) is 2. The van der Waals surface area contributed by atoms with Gasteiger partial charge in [-0.25, -0.2) is 4.39 Å². The molecule has 110 valence electrons. The van der Waals surface area contributed by atoms with Gasteiger partial charge in [-0.3, -0.25) is 0 Å². The first-order valence-electron chi connectivity index (χ1n) is 7.00. The van der Waals surface area contributed by atoms with Crippen LogP contribution in [0.5, 0.6) is 11.5 Å². The Morgan fingerprint density at radius 1 is 1.29 bits per heavy atom. The van der Waals surface area contributed by atoms with Gasteiger partial charge >= 0.3 is 0 Å². The summed E-state index contributed by atoms with van der Waals surface area (Å²) < 4.78 is 24.2. The maximum atomic E-state index is 13.5. The van der Waals surface area contributed by atoms with E-state index >= 15 is 0 Å². The van der Waals surface area contributed by atoms with Gasteiger partial charge in [-0.05, 0) is 30.7 Å². The van der Waals surface area contributed by atoms with E-state index in [2.05, 4.69) is 11.4 Å². The highest BCUT2D eigenvalue weighted by molar-refractivity contribution is 5.39. The zero-order valence-electron chi connectivity index (χ0n) is 12.1. The average Bonchev–Trinajstić information content (AvgIpc) is 2.91. The minimum Gasteiger partial charge on any atom is -0.494 e. The maximum absolute atomic E-state index is 13.5. The van der Waals surface area contributed by atoms with E-state index in [-0.39, 0.29) is 23.7 Å². The summed E-state index contributed by atoms with van der Waals surface area (Å²) in [7, 11) is 1.47. The Kier molecular flexibility index (Phi) is 3.80. The number of para-hydroxylation sites is 1. The van der Waals surface area contributed by atoms with Gasteiger partial charge in [0.1, 0.15) is 12.4 Å². The first-order valence-corrected chi connectivity index (χ1v) is 7.00. The molecule has 0 amide bonds. The van der Waals surface area contributed by atoms with Crippen molar-refractivity contribution in [1.82, 2.24) is 5.32 Å². The molecule has 1 aliphatic heterocycles. The van der Waals surface area contributed by atoms with Crippen molar-refractivity contribution in [3.05, 3.63) is 59.4 Å². The molecule has 0 bridgehead atoms. The Balaban J connectivity index is 1.77. The van der Waals surface area contributed by atoms with E-state index in [9.17, 15) is 4.39 Å². The molecule has 0 saturated carbocycles. The van der Waals surface area contributed by atoms with Crippen LogP contribution in [0.3, 0.4) is 0 Å². The molecule has 2 atom stereocenters. The monoisotopic (exact) mass is 287 g/mol. The zero-order chi connectivity index (χ0) is 14.8. The van der Waals surface area contributed by atoms with Gasteiger partial charge in [0, 0.05) is 11.6 Å². The molecule has 0 aromatic heterocycles. The van der Waals surface area contributed by atoms with Crippen molar-refractivity contribution >= 4 is 0 Å². The average molecular weight is 287 g/mol. The van der Waals surface area contributed by atoms with E-state index in [0.29, 0.717) is 6.61 Å². The molecular formula is C17H18FNO2. The smallest absolute Gasteiger partial charge is 0.165 e. The van der Waals surface area contributed by atoms with E-state index in [1.165, 1.54) is 18.7 Å². The summed E-state index contributed by atoms with van der Waals surface area (Å²) in [5, 5.41) is 3.52. The van der Waals surface area contributed by atoms with Crippen LogP contribution >= 0.6 is 0 Å². The Bertz CT molecular complexity index is 644. The van der Waals surface area contributed by atoms with Crippen molar-refractivity contribution in [2.24, 2.45) is 0 Å². The SMILES string of the molecule is COc1cc(C(C)NC2COc3ccccc32)ccc1F. The summed E-state index contributed by atoms with van der Waals surface area (Å²) >= 11 is 0. The van der Waals surface area contributed by atoms with Gasteiger partial charge in [-0.1, -0.05) is 24.3 Å². The van der Waals surface area contributed by atoms with E-state index in [1.54, 1.807) is 12.1 Å². The number of halogens is 1. The van der Waals surface area contributed by atoms with Gasteiger partial charge in [-0.15, -0.1) is 0 Å². The highest BCUT2D eigenvalue weighted by Crippen LogP contribution is 2.33. The van der Waals surface area contributed by atoms with Crippen molar-refractivity contribution in [2.45, 2.75) is 19.0 Å². The van der Waals surface area contributed by atoms with Crippen LogP contribution in [-0.4, -0.2) is 13.7 Å². The molecule has 1 heterocycles. The Labute approximate surface area is 123 Å². The molecule has 4 heteroatoms. The summed E-state index contributed by atoms with van der Waals surface area (Å²) in [6.45, 7) is 2.66. The van der Waals surface area contributed by atoms with E-state index in [4.69, 9.17) is 9.47 Å². The topological polar surface area (TPSA) is 30.5 Å². The minimum atomic E-state index is -0.344. The number of hydrogen-bond acceptors (Lipinski definition) is 3. The Morgan fingerprint density at radius 2 is 2.10 bits per heavy atom. The van der Waals surface area contributed by atoms with Gasteiger partial charge in [0.15, 0.2) is 11.6 Å². The molecule has 0 spiro atoms. The lowest BCUT2D eigenvalue weighted by molar-refractivity contribution is 0.300. The normalized spacial score (nSPS) is 18.0. The van der Waals surface area contributed by atoms with E-state index in [1.807, 2.05) is 25.1 Å². The highest BCUT2D eigenvalue weighted by atomic mass is 19.1. The molecule has 2 aromatic rings. The van der Waals surface area contributed by atoms with Crippen LogP contribution in [0.1, 0.15) is 30.1 Å². The second-order valence-electron chi connectivity index (χ2n) is 5.18. The van der Waals surface area contributed by atoms with Gasteiger partial charge in [-0.2, -0.15) is 0 Å². The van der Waals surface area contributed by atoms with Crippen LogP contribution < -0.4 is 14.8 Å². The van der Waals surface area contributed by atoms with Crippen molar-refractivity contribution in [2.75, 3.05) is 13.7 Å².